The number of nitrogens with zero attached hydrogens (tertiary/aromatic N) is 1. The number of likely N-dealkylation sites (tertiary alicyclic amines) is 1. The van der Waals surface area contributed by atoms with Crippen LogP contribution in [0.2, 0.25) is 0 Å². The first-order chi connectivity index (χ1) is 11.9. The summed E-state index contributed by atoms with van der Waals surface area (Å²) in [5, 5.41) is 14.9. The fourth-order valence-corrected chi connectivity index (χ4v) is 3.36. The van der Waals surface area contributed by atoms with Gasteiger partial charge < -0.3 is 15.7 Å². The minimum absolute atomic E-state index is 0.00143. The Bertz CT molecular complexity index is 586. The Hall–Kier alpha value is -1.92. The van der Waals surface area contributed by atoms with Crippen molar-refractivity contribution in [1.82, 2.24) is 15.5 Å². The molecule has 25 heavy (non-hydrogen) atoms. The number of rotatable bonds is 7. The molecule has 1 saturated heterocycles. The van der Waals surface area contributed by atoms with E-state index in [1.165, 1.54) is 0 Å². The predicted octanol–water partition coefficient (Wildman–Crippen LogP) is 0.540. The maximum absolute atomic E-state index is 12.4. The van der Waals surface area contributed by atoms with E-state index in [-0.39, 0.29) is 24.5 Å². The van der Waals surface area contributed by atoms with Gasteiger partial charge in [0.2, 0.25) is 11.8 Å². The number of nitrogens with one attached hydrogen (secondary N) is 2. The Morgan fingerprint density at radius 1 is 1.16 bits per heavy atom. The highest BCUT2D eigenvalue weighted by Gasteiger charge is 2.36. The Kier molecular flexibility index (Phi) is 6.96. The highest BCUT2D eigenvalue weighted by atomic mass is 16.3. The minimum Gasteiger partial charge on any atom is -0.392 e. The van der Waals surface area contributed by atoms with E-state index in [1.807, 2.05) is 24.3 Å². The Labute approximate surface area is 149 Å². The summed E-state index contributed by atoms with van der Waals surface area (Å²) >= 11 is 0. The van der Waals surface area contributed by atoms with Gasteiger partial charge in [-0.3, -0.25) is 14.5 Å². The summed E-state index contributed by atoms with van der Waals surface area (Å²) in [5.41, 5.74) is 1.76. The van der Waals surface area contributed by atoms with Crippen LogP contribution in [0, 0.1) is 11.8 Å². The van der Waals surface area contributed by atoms with Crippen LogP contribution >= 0.6 is 0 Å². The standard InChI is InChI=1S/C19H29N3O3/c1-13(2)16-9-22(11-19(25)20-3)10-17(16)21-18(24)8-14-4-6-15(12-23)7-5-14/h4-7,13,16-17,23H,8-12H2,1-3H3,(H,20,25)(H,21,24)/t16-,17+/m0/s1. The van der Waals surface area contributed by atoms with Gasteiger partial charge in [-0.2, -0.15) is 0 Å². The molecule has 0 aromatic heterocycles. The molecular weight excluding hydrogens is 318 g/mol. The lowest BCUT2D eigenvalue weighted by molar-refractivity contribution is -0.121. The maximum Gasteiger partial charge on any atom is 0.233 e. The van der Waals surface area contributed by atoms with E-state index in [2.05, 4.69) is 29.4 Å². The molecule has 0 bridgehead atoms. The average Bonchev–Trinajstić information content (AvgIpc) is 2.97. The van der Waals surface area contributed by atoms with Crippen LogP contribution in [0.3, 0.4) is 0 Å². The fraction of sp³-hybridized carbons (Fsp3) is 0.579. The molecule has 2 atom stereocenters. The summed E-state index contributed by atoms with van der Waals surface area (Å²) < 4.78 is 0. The van der Waals surface area contributed by atoms with Crippen LogP contribution in [-0.2, 0) is 22.6 Å². The number of aliphatic hydroxyl groups excluding tert-OH is 1. The van der Waals surface area contributed by atoms with Crippen LogP contribution in [0.1, 0.15) is 25.0 Å². The lowest BCUT2D eigenvalue weighted by Gasteiger charge is -2.23. The molecule has 1 heterocycles. The van der Waals surface area contributed by atoms with Crippen LogP contribution in [0.15, 0.2) is 24.3 Å². The van der Waals surface area contributed by atoms with Gasteiger partial charge in [0.05, 0.1) is 19.6 Å². The number of carbonyl (C=O) groups excluding carboxylic acids is 2. The second-order valence-corrected chi connectivity index (χ2v) is 7.10. The van der Waals surface area contributed by atoms with E-state index in [4.69, 9.17) is 5.11 Å². The zero-order chi connectivity index (χ0) is 18.4. The zero-order valence-corrected chi connectivity index (χ0v) is 15.3. The molecule has 1 aromatic carbocycles. The number of amides is 2. The van der Waals surface area contributed by atoms with E-state index in [9.17, 15) is 9.59 Å². The van der Waals surface area contributed by atoms with Gasteiger partial charge in [0.25, 0.3) is 0 Å². The SMILES string of the molecule is CNC(=O)CN1C[C@@H](NC(=O)Cc2ccc(CO)cc2)[C@H](C(C)C)C1. The van der Waals surface area contributed by atoms with Crippen molar-refractivity contribution in [3.8, 4) is 0 Å². The molecule has 138 valence electrons. The van der Waals surface area contributed by atoms with E-state index in [0.29, 0.717) is 31.3 Å². The summed E-state index contributed by atoms with van der Waals surface area (Å²) in [7, 11) is 1.64. The number of aliphatic hydroxyl groups is 1. The third kappa shape index (κ3) is 5.54. The summed E-state index contributed by atoms with van der Waals surface area (Å²) in [5.74, 6) is 0.766. The first-order valence-corrected chi connectivity index (χ1v) is 8.84. The smallest absolute Gasteiger partial charge is 0.233 e. The Morgan fingerprint density at radius 2 is 1.80 bits per heavy atom. The van der Waals surface area contributed by atoms with Crippen molar-refractivity contribution in [2.45, 2.75) is 32.9 Å². The molecule has 0 saturated carbocycles. The summed E-state index contributed by atoms with van der Waals surface area (Å²) in [6.07, 6.45) is 0.322. The molecular formula is C19H29N3O3. The molecule has 0 unspecified atom stereocenters. The Morgan fingerprint density at radius 3 is 2.36 bits per heavy atom. The molecule has 1 fully saturated rings. The van der Waals surface area contributed by atoms with Crippen LogP contribution in [0.5, 0.6) is 0 Å². The zero-order valence-electron chi connectivity index (χ0n) is 15.3. The topological polar surface area (TPSA) is 81.7 Å². The molecule has 6 nitrogen and oxygen atoms in total. The largest absolute Gasteiger partial charge is 0.392 e. The molecule has 1 aromatic rings. The summed E-state index contributed by atoms with van der Waals surface area (Å²) in [4.78, 5) is 26.1. The van der Waals surface area contributed by atoms with Crippen LogP contribution in [0.25, 0.3) is 0 Å². The van der Waals surface area contributed by atoms with E-state index >= 15 is 0 Å². The molecule has 1 aliphatic rings. The lowest BCUT2D eigenvalue weighted by atomic mass is 9.91. The molecule has 0 spiro atoms. The second-order valence-electron chi connectivity index (χ2n) is 7.10. The van der Waals surface area contributed by atoms with Crippen LogP contribution < -0.4 is 10.6 Å². The normalized spacial score (nSPS) is 20.7. The molecule has 6 heteroatoms. The monoisotopic (exact) mass is 347 g/mol. The molecule has 2 amide bonds. The van der Waals surface area contributed by atoms with Gasteiger partial charge in [-0.15, -0.1) is 0 Å². The van der Waals surface area contributed by atoms with E-state index < -0.39 is 0 Å². The van der Waals surface area contributed by atoms with Gasteiger partial charge in [0.1, 0.15) is 0 Å². The number of benzene rings is 1. The van der Waals surface area contributed by atoms with E-state index in [1.54, 1.807) is 7.05 Å². The highest BCUT2D eigenvalue weighted by Crippen LogP contribution is 2.24. The number of hydrogen-bond donors (Lipinski definition) is 3. The molecule has 2 rings (SSSR count). The van der Waals surface area contributed by atoms with Crippen molar-refractivity contribution in [3.63, 3.8) is 0 Å². The number of carbonyl (C=O) groups is 2. The van der Waals surface area contributed by atoms with Gasteiger partial charge in [-0.25, -0.2) is 0 Å². The van der Waals surface area contributed by atoms with Crippen LogP contribution in [0.4, 0.5) is 0 Å². The molecule has 0 radical (unpaired) electrons. The van der Waals surface area contributed by atoms with Gasteiger partial charge in [-0.05, 0) is 23.0 Å². The first-order valence-electron chi connectivity index (χ1n) is 8.84. The molecule has 3 N–H and O–H groups in total. The third-order valence-corrected chi connectivity index (χ3v) is 4.86. The van der Waals surface area contributed by atoms with Gasteiger partial charge in [0, 0.05) is 26.2 Å². The molecule has 0 aliphatic carbocycles. The quantitative estimate of drug-likeness (QED) is 0.672. The lowest BCUT2D eigenvalue weighted by Crippen LogP contribution is -2.43. The summed E-state index contributed by atoms with van der Waals surface area (Å²) in [6.45, 7) is 6.20. The van der Waals surface area contributed by atoms with Gasteiger partial charge in [0.15, 0.2) is 0 Å². The van der Waals surface area contributed by atoms with Crippen molar-refractivity contribution in [2.75, 3.05) is 26.7 Å². The van der Waals surface area contributed by atoms with Crippen molar-refractivity contribution in [3.05, 3.63) is 35.4 Å². The van der Waals surface area contributed by atoms with Crippen molar-refractivity contribution >= 4 is 11.8 Å². The van der Waals surface area contributed by atoms with Crippen molar-refractivity contribution < 1.29 is 14.7 Å². The predicted molar refractivity (Wildman–Crippen MR) is 96.8 cm³/mol. The maximum atomic E-state index is 12.4. The van der Waals surface area contributed by atoms with Gasteiger partial charge in [-0.1, -0.05) is 38.1 Å². The van der Waals surface area contributed by atoms with Crippen LogP contribution in [-0.4, -0.2) is 54.5 Å². The average molecular weight is 347 g/mol. The minimum atomic E-state index is -0.00538. The van der Waals surface area contributed by atoms with Gasteiger partial charge >= 0.3 is 0 Å². The number of hydrogen-bond acceptors (Lipinski definition) is 4. The fourth-order valence-electron chi connectivity index (χ4n) is 3.36. The number of likely N-dealkylation sites (N-methyl/N-ethyl adjacent to an activating group) is 1. The second kappa shape index (κ2) is 8.97. The molecule has 1 aliphatic heterocycles. The third-order valence-electron chi connectivity index (χ3n) is 4.86. The highest BCUT2D eigenvalue weighted by molar-refractivity contribution is 5.79. The Balaban J connectivity index is 1.93. The first kappa shape index (κ1) is 19.4. The summed E-state index contributed by atoms with van der Waals surface area (Å²) in [6, 6.07) is 7.48. The van der Waals surface area contributed by atoms with Crippen molar-refractivity contribution in [1.29, 1.82) is 0 Å². The van der Waals surface area contributed by atoms with E-state index in [0.717, 1.165) is 17.7 Å². The van der Waals surface area contributed by atoms with Crippen molar-refractivity contribution in [2.24, 2.45) is 11.8 Å².